The van der Waals surface area contributed by atoms with Crippen LogP contribution in [0.5, 0.6) is 0 Å². The van der Waals surface area contributed by atoms with E-state index in [0.29, 0.717) is 26.9 Å². The highest BCUT2D eigenvalue weighted by Gasteiger charge is 2.61. The number of nitrogens with one attached hydrogen (secondary N) is 2. The van der Waals surface area contributed by atoms with Crippen LogP contribution >= 0.6 is 23.2 Å². The van der Waals surface area contributed by atoms with Gasteiger partial charge in [0.25, 0.3) is 11.8 Å². The summed E-state index contributed by atoms with van der Waals surface area (Å²) in [5.74, 6) is 4.58. The summed E-state index contributed by atoms with van der Waals surface area (Å²) in [5.41, 5.74) is -0.136. The van der Waals surface area contributed by atoms with Gasteiger partial charge in [-0.1, -0.05) is 53.2 Å². The first-order chi connectivity index (χ1) is 12.9. The number of amides is 4. The summed E-state index contributed by atoms with van der Waals surface area (Å²) in [6.45, 7) is 0.0427. The Labute approximate surface area is 164 Å². The third-order valence-corrected chi connectivity index (χ3v) is 5.16. The van der Waals surface area contributed by atoms with Gasteiger partial charge in [-0.05, 0) is 24.3 Å². The fraction of sp³-hybridized carbons (Fsp3) is 0.105. The Morgan fingerprint density at radius 1 is 1.04 bits per heavy atom. The Kier molecular flexibility index (Phi) is 4.06. The van der Waals surface area contributed by atoms with Gasteiger partial charge in [0.05, 0.1) is 22.3 Å². The van der Waals surface area contributed by atoms with Crippen molar-refractivity contribution in [3.8, 4) is 11.8 Å². The summed E-state index contributed by atoms with van der Waals surface area (Å²) < 4.78 is 0. The van der Waals surface area contributed by atoms with Crippen LogP contribution in [0.2, 0.25) is 10.0 Å². The van der Waals surface area contributed by atoms with Crippen LogP contribution in [0.15, 0.2) is 42.5 Å². The van der Waals surface area contributed by atoms with E-state index >= 15 is 0 Å². The summed E-state index contributed by atoms with van der Waals surface area (Å²) in [4.78, 5) is 38.5. The van der Waals surface area contributed by atoms with E-state index in [4.69, 9.17) is 23.2 Å². The number of nitrogens with zero attached hydrogens (tertiary/aromatic N) is 1. The Morgan fingerprint density at radius 3 is 2.52 bits per heavy atom. The molecule has 2 heterocycles. The van der Waals surface area contributed by atoms with Crippen LogP contribution in [0.4, 0.5) is 10.5 Å². The number of fused-ring (bicyclic) bond motifs is 2. The van der Waals surface area contributed by atoms with Crippen LogP contribution in [0, 0.1) is 11.8 Å². The van der Waals surface area contributed by atoms with E-state index in [9.17, 15) is 14.4 Å². The summed E-state index contributed by atoms with van der Waals surface area (Å²) in [6.07, 6.45) is 0. The molecule has 1 saturated heterocycles. The van der Waals surface area contributed by atoms with Gasteiger partial charge in [-0.25, -0.2) is 4.79 Å². The molecule has 134 valence electrons. The Balaban J connectivity index is 1.68. The number of rotatable bonds is 1. The number of anilines is 1. The lowest BCUT2D eigenvalue weighted by Crippen LogP contribution is -2.52. The molecule has 2 aliphatic heterocycles. The lowest BCUT2D eigenvalue weighted by Gasteiger charge is -2.19. The van der Waals surface area contributed by atoms with Crippen molar-refractivity contribution >= 4 is 46.7 Å². The highest BCUT2D eigenvalue weighted by molar-refractivity contribution is 6.42. The van der Waals surface area contributed by atoms with Gasteiger partial charge in [-0.3, -0.25) is 19.8 Å². The molecule has 1 unspecified atom stereocenters. The number of para-hydroxylation sites is 1. The van der Waals surface area contributed by atoms with Gasteiger partial charge in [0.15, 0.2) is 0 Å². The highest BCUT2D eigenvalue weighted by Crippen LogP contribution is 2.41. The number of hydrogen-bond acceptors (Lipinski definition) is 3. The SMILES string of the molecule is O=C1NC(=O)C2(N1)C(=O)N(CC#Cc1ccc(Cl)c(Cl)c1)c1ccccc12. The zero-order valence-corrected chi connectivity index (χ0v) is 15.2. The van der Waals surface area contributed by atoms with Crippen LogP contribution in [0.3, 0.4) is 0 Å². The van der Waals surface area contributed by atoms with E-state index < -0.39 is 23.4 Å². The van der Waals surface area contributed by atoms with Crippen molar-refractivity contribution in [2.75, 3.05) is 11.4 Å². The summed E-state index contributed by atoms with van der Waals surface area (Å²) in [7, 11) is 0. The van der Waals surface area contributed by atoms with Crippen molar-refractivity contribution in [3.63, 3.8) is 0 Å². The summed E-state index contributed by atoms with van der Waals surface area (Å²) >= 11 is 11.9. The molecule has 2 aromatic rings. The number of halogens is 2. The van der Waals surface area contributed by atoms with E-state index in [0.717, 1.165) is 0 Å². The van der Waals surface area contributed by atoms with Crippen LogP contribution < -0.4 is 15.5 Å². The van der Waals surface area contributed by atoms with Crippen molar-refractivity contribution in [3.05, 3.63) is 63.6 Å². The summed E-state index contributed by atoms with van der Waals surface area (Å²) in [6, 6.07) is 11.1. The first kappa shape index (κ1) is 17.4. The first-order valence-electron chi connectivity index (χ1n) is 7.92. The van der Waals surface area contributed by atoms with Crippen molar-refractivity contribution in [2.45, 2.75) is 5.54 Å². The van der Waals surface area contributed by atoms with Crippen LogP contribution in [-0.2, 0) is 15.1 Å². The Bertz CT molecular complexity index is 1070. The van der Waals surface area contributed by atoms with Gasteiger partial charge < -0.3 is 5.32 Å². The minimum absolute atomic E-state index is 0.0427. The van der Waals surface area contributed by atoms with Gasteiger partial charge in [-0.2, -0.15) is 0 Å². The topological polar surface area (TPSA) is 78.5 Å². The zero-order chi connectivity index (χ0) is 19.2. The van der Waals surface area contributed by atoms with E-state index in [1.165, 1.54) is 4.90 Å². The predicted octanol–water partition coefficient (Wildman–Crippen LogP) is 2.43. The maximum atomic E-state index is 13.0. The fourth-order valence-electron chi connectivity index (χ4n) is 3.20. The molecule has 27 heavy (non-hydrogen) atoms. The summed E-state index contributed by atoms with van der Waals surface area (Å²) in [5, 5.41) is 5.41. The molecular formula is C19H11Cl2N3O3. The predicted molar refractivity (Wildman–Crippen MR) is 100 cm³/mol. The van der Waals surface area contributed by atoms with Crippen LogP contribution in [-0.4, -0.2) is 24.4 Å². The van der Waals surface area contributed by atoms with Gasteiger partial charge in [0.2, 0.25) is 5.54 Å². The third-order valence-electron chi connectivity index (χ3n) is 4.42. The second-order valence-electron chi connectivity index (χ2n) is 6.00. The third kappa shape index (κ3) is 2.64. The average molecular weight is 400 g/mol. The van der Waals surface area contributed by atoms with Crippen LogP contribution in [0.25, 0.3) is 0 Å². The average Bonchev–Trinajstić information content (AvgIpc) is 3.07. The number of carbonyl (C=O) groups is 3. The van der Waals surface area contributed by atoms with Gasteiger partial charge >= 0.3 is 6.03 Å². The number of carbonyl (C=O) groups excluding carboxylic acids is 3. The van der Waals surface area contributed by atoms with Crippen molar-refractivity contribution in [2.24, 2.45) is 0 Å². The van der Waals surface area contributed by atoms with E-state index in [2.05, 4.69) is 22.5 Å². The monoisotopic (exact) mass is 399 g/mol. The fourth-order valence-corrected chi connectivity index (χ4v) is 3.50. The van der Waals surface area contributed by atoms with Gasteiger partial charge in [0, 0.05) is 11.1 Å². The second-order valence-corrected chi connectivity index (χ2v) is 6.81. The number of hydrogen-bond donors (Lipinski definition) is 2. The van der Waals surface area contributed by atoms with E-state index in [1.54, 1.807) is 42.5 Å². The van der Waals surface area contributed by atoms with Crippen molar-refractivity contribution in [1.29, 1.82) is 0 Å². The van der Waals surface area contributed by atoms with E-state index in [-0.39, 0.29) is 6.54 Å². The first-order valence-corrected chi connectivity index (χ1v) is 8.68. The molecule has 0 radical (unpaired) electrons. The second kappa shape index (κ2) is 6.31. The van der Waals surface area contributed by atoms with Crippen LogP contribution in [0.1, 0.15) is 11.1 Å². The quantitative estimate of drug-likeness (QED) is 0.439. The molecule has 6 nitrogen and oxygen atoms in total. The minimum Gasteiger partial charge on any atom is -0.312 e. The molecule has 2 N–H and O–H groups in total. The molecule has 8 heteroatoms. The van der Waals surface area contributed by atoms with Crippen molar-refractivity contribution < 1.29 is 14.4 Å². The number of urea groups is 1. The molecule has 4 amide bonds. The molecule has 1 fully saturated rings. The Hall–Kier alpha value is -3.01. The molecule has 2 aromatic carbocycles. The molecule has 1 atom stereocenters. The number of imide groups is 1. The molecule has 4 rings (SSSR count). The maximum absolute atomic E-state index is 13.0. The van der Waals surface area contributed by atoms with Crippen molar-refractivity contribution in [1.82, 2.24) is 10.6 Å². The normalized spacial score (nSPS) is 20.2. The molecule has 2 aliphatic rings. The largest absolute Gasteiger partial charge is 0.323 e. The molecular weight excluding hydrogens is 389 g/mol. The lowest BCUT2D eigenvalue weighted by atomic mass is 9.92. The standard InChI is InChI=1S/C19H11Cl2N3O3/c20-13-8-7-11(10-14(13)21)4-3-9-24-15-6-2-1-5-12(15)19(17(24)26)16(25)22-18(27)23-19/h1-2,5-8,10H,9H2,(H2,22,23,25,27). The maximum Gasteiger partial charge on any atom is 0.323 e. The highest BCUT2D eigenvalue weighted by atomic mass is 35.5. The van der Waals surface area contributed by atoms with Gasteiger partial charge in [-0.15, -0.1) is 0 Å². The van der Waals surface area contributed by atoms with Gasteiger partial charge in [0.1, 0.15) is 0 Å². The molecule has 0 aromatic heterocycles. The van der Waals surface area contributed by atoms with E-state index in [1.807, 2.05) is 0 Å². The molecule has 0 aliphatic carbocycles. The lowest BCUT2D eigenvalue weighted by molar-refractivity contribution is -0.133. The zero-order valence-electron chi connectivity index (χ0n) is 13.7. The smallest absolute Gasteiger partial charge is 0.312 e. The number of benzene rings is 2. The Morgan fingerprint density at radius 2 is 1.81 bits per heavy atom. The molecule has 1 spiro atoms. The molecule has 0 bridgehead atoms. The molecule has 0 saturated carbocycles. The minimum atomic E-state index is -1.74.